The van der Waals surface area contributed by atoms with E-state index >= 15 is 0 Å². The standard InChI is InChI=1S/C13H13ClN2/c1-15-13(10-6-8-16-9-7-10)11-4-2-3-5-12(11)14/h2-5,16H,6-9H2. The normalized spacial score (nSPS) is 15.6. The summed E-state index contributed by atoms with van der Waals surface area (Å²) in [7, 11) is 0. The molecule has 0 saturated carbocycles. The van der Waals surface area contributed by atoms with Crippen LogP contribution >= 0.6 is 11.6 Å². The molecule has 1 aliphatic heterocycles. The first-order valence-corrected chi connectivity index (χ1v) is 5.76. The number of hydrogen-bond acceptors (Lipinski definition) is 1. The van der Waals surface area contributed by atoms with Crippen LogP contribution in [0, 0.1) is 6.57 Å². The van der Waals surface area contributed by atoms with E-state index in [1.807, 2.05) is 24.3 Å². The molecule has 0 spiro atoms. The van der Waals surface area contributed by atoms with Gasteiger partial charge in [-0.15, -0.1) is 0 Å². The Labute approximate surface area is 101 Å². The van der Waals surface area contributed by atoms with Crippen LogP contribution in [0.5, 0.6) is 0 Å². The minimum atomic E-state index is 0.666. The highest BCUT2D eigenvalue weighted by Gasteiger charge is 2.14. The number of rotatable bonds is 1. The zero-order valence-corrected chi connectivity index (χ0v) is 9.72. The van der Waals surface area contributed by atoms with Crippen LogP contribution < -0.4 is 5.32 Å². The van der Waals surface area contributed by atoms with Crippen LogP contribution in [0.4, 0.5) is 0 Å². The minimum Gasteiger partial charge on any atom is -0.316 e. The molecule has 0 amide bonds. The average molecular weight is 233 g/mol. The van der Waals surface area contributed by atoms with Crippen LogP contribution in [0.15, 0.2) is 29.8 Å². The van der Waals surface area contributed by atoms with Crippen molar-refractivity contribution in [2.75, 3.05) is 13.1 Å². The van der Waals surface area contributed by atoms with Crippen LogP contribution in [-0.4, -0.2) is 13.1 Å². The highest BCUT2D eigenvalue weighted by atomic mass is 35.5. The van der Waals surface area contributed by atoms with E-state index < -0.39 is 0 Å². The first-order chi connectivity index (χ1) is 7.83. The number of hydrogen-bond donors (Lipinski definition) is 1. The van der Waals surface area contributed by atoms with E-state index in [1.54, 1.807) is 0 Å². The average Bonchev–Trinajstić information content (AvgIpc) is 2.34. The van der Waals surface area contributed by atoms with Gasteiger partial charge in [0, 0.05) is 5.02 Å². The summed E-state index contributed by atoms with van der Waals surface area (Å²) in [4.78, 5) is 3.66. The van der Waals surface area contributed by atoms with Crippen molar-refractivity contribution in [3.05, 3.63) is 51.8 Å². The van der Waals surface area contributed by atoms with E-state index in [-0.39, 0.29) is 0 Å². The lowest BCUT2D eigenvalue weighted by atomic mass is 9.99. The summed E-state index contributed by atoms with van der Waals surface area (Å²) in [5.74, 6) is 0. The van der Waals surface area contributed by atoms with Crippen LogP contribution in [-0.2, 0) is 0 Å². The maximum atomic E-state index is 7.32. The molecular weight excluding hydrogens is 220 g/mol. The van der Waals surface area contributed by atoms with Gasteiger partial charge in [0.1, 0.15) is 0 Å². The summed E-state index contributed by atoms with van der Waals surface area (Å²) in [6.07, 6.45) is 1.89. The molecule has 1 N–H and O–H groups in total. The largest absolute Gasteiger partial charge is 0.316 e. The molecule has 0 aliphatic carbocycles. The highest BCUT2D eigenvalue weighted by Crippen LogP contribution is 2.30. The van der Waals surface area contributed by atoms with Gasteiger partial charge in [-0.05, 0) is 37.6 Å². The second-order valence-corrected chi connectivity index (χ2v) is 4.20. The second-order valence-electron chi connectivity index (χ2n) is 3.79. The summed E-state index contributed by atoms with van der Waals surface area (Å²) in [5.41, 5.74) is 2.84. The lowest BCUT2D eigenvalue weighted by Gasteiger charge is -2.17. The molecule has 2 rings (SSSR count). The van der Waals surface area contributed by atoms with E-state index in [0.29, 0.717) is 5.02 Å². The zero-order valence-electron chi connectivity index (χ0n) is 8.96. The number of nitrogens with one attached hydrogen (secondary N) is 1. The Morgan fingerprint density at radius 3 is 2.56 bits per heavy atom. The molecule has 1 saturated heterocycles. The minimum absolute atomic E-state index is 0.666. The molecule has 1 heterocycles. The summed E-state index contributed by atoms with van der Waals surface area (Å²) < 4.78 is 0. The quantitative estimate of drug-likeness (QED) is 0.735. The zero-order chi connectivity index (χ0) is 11.4. The fourth-order valence-electron chi connectivity index (χ4n) is 1.95. The van der Waals surface area contributed by atoms with E-state index in [1.165, 1.54) is 5.57 Å². The van der Waals surface area contributed by atoms with E-state index in [2.05, 4.69) is 10.2 Å². The maximum absolute atomic E-state index is 7.32. The van der Waals surface area contributed by atoms with Gasteiger partial charge in [0.05, 0.1) is 6.57 Å². The van der Waals surface area contributed by atoms with Crippen molar-refractivity contribution >= 4 is 17.3 Å². The first kappa shape index (κ1) is 11.2. The fourth-order valence-corrected chi connectivity index (χ4v) is 2.17. The van der Waals surface area contributed by atoms with Crippen molar-refractivity contribution < 1.29 is 0 Å². The number of nitrogens with zero attached hydrogens (tertiary/aromatic N) is 1. The summed E-state index contributed by atoms with van der Waals surface area (Å²) in [6.45, 7) is 9.23. The monoisotopic (exact) mass is 232 g/mol. The molecule has 2 nitrogen and oxygen atoms in total. The topological polar surface area (TPSA) is 16.4 Å². The maximum Gasteiger partial charge on any atom is 0.195 e. The molecule has 82 valence electrons. The van der Waals surface area contributed by atoms with Gasteiger partial charge in [-0.3, -0.25) is 0 Å². The van der Waals surface area contributed by atoms with Crippen LogP contribution in [0.1, 0.15) is 18.4 Å². The van der Waals surface area contributed by atoms with E-state index in [4.69, 9.17) is 18.2 Å². The second kappa shape index (κ2) is 5.16. The molecule has 1 aliphatic rings. The molecule has 0 atom stereocenters. The molecular formula is C13H13ClN2. The van der Waals surface area contributed by atoms with Gasteiger partial charge in [-0.25, -0.2) is 4.85 Å². The molecule has 1 aromatic rings. The van der Waals surface area contributed by atoms with Gasteiger partial charge in [0.15, 0.2) is 5.70 Å². The first-order valence-electron chi connectivity index (χ1n) is 5.38. The Hall–Kier alpha value is -1.30. The third-order valence-electron chi connectivity index (χ3n) is 2.78. The van der Waals surface area contributed by atoms with Gasteiger partial charge in [0.25, 0.3) is 0 Å². The molecule has 1 aromatic carbocycles. The lowest BCUT2D eigenvalue weighted by molar-refractivity contribution is 0.612. The lowest BCUT2D eigenvalue weighted by Crippen LogP contribution is -2.23. The van der Waals surface area contributed by atoms with Gasteiger partial charge in [0.2, 0.25) is 0 Å². The van der Waals surface area contributed by atoms with Crippen molar-refractivity contribution in [3.8, 4) is 0 Å². The summed E-state index contributed by atoms with van der Waals surface area (Å²) in [6, 6.07) is 7.57. The van der Waals surface area contributed by atoms with Gasteiger partial charge in [-0.1, -0.05) is 35.4 Å². The van der Waals surface area contributed by atoms with Crippen LogP contribution in [0.3, 0.4) is 0 Å². The summed E-state index contributed by atoms with van der Waals surface area (Å²) in [5, 5.41) is 3.96. The number of piperidine rings is 1. The molecule has 1 fully saturated rings. The predicted octanol–water partition coefficient (Wildman–Crippen LogP) is 3.35. The SMILES string of the molecule is [C-]#[N+]C(=C1CCNCC1)c1ccccc1Cl. The van der Waals surface area contributed by atoms with Crippen LogP contribution in [0.2, 0.25) is 5.02 Å². The Bertz CT molecular complexity index is 449. The van der Waals surface area contributed by atoms with E-state index in [9.17, 15) is 0 Å². The van der Waals surface area contributed by atoms with Gasteiger partial charge >= 0.3 is 0 Å². The highest BCUT2D eigenvalue weighted by molar-refractivity contribution is 6.32. The molecule has 16 heavy (non-hydrogen) atoms. The fraction of sp³-hybridized carbons (Fsp3) is 0.308. The number of benzene rings is 1. The van der Waals surface area contributed by atoms with Crippen molar-refractivity contribution in [2.24, 2.45) is 0 Å². The van der Waals surface area contributed by atoms with E-state index in [0.717, 1.165) is 37.2 Å². The molecule has 0 radical (unpaired) electrons. The van der Waals surface area contributed by atoms with Crippen molar-refractivity contribution in [2.45, 2.75) is 12.8 Å². The van der Waals surface area contributed by atoms with Crippen molar-refractivity contribution in [3.63, 3.8) is 0 Å². The molecule has 0 unspecified atom stereocenters. The number of halogens is 1. The molecule has 0 aromatic heterocycles. The molecule has 3 heteroatoms. The third kappa shape index (κ3) is 2.27. The Kier molecular flexibility index (Phi) is 3.61. The van der Waals surface area contributed by atoms with Crippen molar-refractivity contribution in [1.82, 2.24) is 5.32 Å². The Morgan fingerprint density at radius 2 is 1.94 bits per heavy atom. The smallest absolute Gasteiger partial charge is 0.195 e. The predicted molar refractivity (Wildman–Crippen MR) is 67.1 cm³/mol. The van der Waals surface area contributed by atoms with Crippen LogP contribution in [0.25, 0.3) is 10.5 Å². The third-order valence-corrected chi connectivity index (χ3v) is 3.11. The summed E-state index contributed by atoms with van der Waals surface area (Å²) >= 11 is 6.12. The molecule has 0 bridgehead atoms. The Morgan fingerprint density at radius 1 is 1.25 bits per heavy atom. The van der Waals surface area contributed by atoms with Crippen molar-refractivity contribution in [1.29, 1.82) is 0 Å². The van der Waals surface area contributed by atoms with Gasteiger partial charge in [-0.2, -0.15) is 0 Å². The Balaban J connectivity index is 2.43. The van der Waals surface area contributed by atoms with Gasteiger partial charge < -0.3 is 5.32 Å².